The van der Waals surface area contributed by atoms with E-state index in [0.717, 1.165) is 11.8 Å². The molecule has 0 atom stereocenters. The third-order valence-electron chi connectivity index (χ3n) is 2.27. The van der Waals surface area contributed by atoms with Gasteiger partial charge in [0, 0.05) is 13.5 Å². The molecule has 0 aliphatic carbocycles. The number of nitrogens with zero attached hydrogens (tertiary/aromatic N) is 2. The van der Waals surface area contributed by atoms with Crippen molar-refractivity contribution in [2.24, 2.45) is 0 Å². The lowest BCUT2D eigenvalue weighted by atomic mass is 10.3. The zero-order valence-electron chi connectivity index (χ0n) is 10.8. The number of aromatic nitrogens is 1. The van der Waals surface area contributed by atoms with Gasteiger partial charge in [-0.05, 0) is 6.42 Å². The van der Waals surface area contributed by atoms with Crippen LogP contribution in [0.1, 0.15) is 40.4 Å². The molecule has 1 rings (SSSR count). The molecule has 0 amide bonds. The molecule has 20 heavy (non-hydrogen) atoms. The first kappa shape index (κ1) is 16.4. The number of ketones is 1. The predicted octanol–water partition coefficient (Wildman–Crippen LogP) is 2.82. The molecule has 0 unspecified atom stereocenters. The molecule has 0 saturated heterocycles. The Morgan fingerprint density at radius 3 is 2.35 bits per heavy atom. The van der Waals surface area contributed by atoms with E-state index in [1.54, 1.807) is 6.92 Å². The summed E-state index contributed by atoms with van der Waals surface area (Å²) in [7, 11) is 0. The molecule has 0 bridgehead atoms. The van der Waals surface area contributed by atoms with Crippen molar-refractivity contribution < 1.29 is 27.9 Å². The third kappa shape index (κ3) is 4.19. The first-order valence-electron chi connectivity index (χ1n) is 5.72. The molecule has 0 fully saturated rings. The average Bonchev–Trinajstić information content (AvgIpc) is 2.71. The van der Waals surface area contributed by atoms with Gasteiger partial charge in [0.2, 0.25) is 0 Å². The van der Waals surface area contributed by atoms with Gasteiger partial charge in [-0.2, -0.15) is 13.2 Å². The molecule has 1 N–H and O–H groups in total. The van der Waals surface area contributed by atoms with E-state index in [9.17, 15) is 22.8 Å². The number of carboxylic acid groups (broad SMARTS) is 1. The standard InChI is InChI=1S/C11H13F3N2O3S/c1-3-4-16(5-11(12,13)14)10-15-7(9(18)19)8(20-10)6(2)17/h3-5H2,1-2H3,(H,18,19). The molecule has 0 aromatic carbocycles. The van der Waals surface area contributed by atoms with Crippen LogP contribution in [0.5, 0.6) is 0 Å². The number of alkyl halides is 3. The van der Waals surface area contributed by atoms with E-state index in [-0.39, 0.29) is 16.6 Å². The molecule has 0 radical (unpaired) electrons. The van der Waals surface area contributed by atoms with E-state index in [1.807, 2.05) is 0 Å². The Hall–Kier alpha value is -1.64. The van der Waals surface area contributed by atoms with E-state index in [2.05, 4.69) is 4.98 Å². The fourth-order valence-electron chi connectivity index (χ4n) is 1.56. The van der Waals surface area contributed by atoms with Crippen LogP contribution in [0.3, 0.4) is 0 Å². The summed E-state index contributed by atoms with van der Waals surface area (Å²) in [4.78, 5) is 26.7. The average molecular weight is 310 g/mol. The minimum absolute atomic E-state index is 0.0728. The Labute approximate surface area is 117 Å². The second-order valence-corrected chi connectivity index (χ2v) is 5.05. The molecule has 0 aliphatic rings. The van der Waals surface area contributed by atoms with Crippen LogP contribution in [-0.2, 0) is 0 Å². The van der Waals surface area contributed by atoms with Gasteiger partial charge in [-0.3, -0.25) is 4.79 Å². The van der Waals surface area contributed by atoms with E-state index in [4.69, 9.17) is 5.11 Å². The number of hydrogen-bond acceptors (Lipinski definition) is 5. The quantitative estimate of drug-likeness (QED) is 0.818. The number of anilines is 1. The first-order chi connectivity index (χ1) is 9.15. The minimum atomic E-state index is -4.43. The van der Waals surface area contributed by atoms with Crippen LogP contribution >= 0.6 is 11.3 Å². The summed E-state index contributed by atoms with van der Waals surface area (Å²) < 4.78 is 37.5. The number of Topliss-reactive ketones (excluding diaryl/α,β-unsaturated/α-hetero) is 1. The van der Waals surface area contributed by atoms with Gasteiger partial charge in [0.25, 0.3) is 0 Å². The number of halogens is 3. The highest BCUT2D eigenvalue weighted by Crippen LogP contribution is 2.29. The van der Waals surface area contributed by atoms with Gasteiger partial charge in [0.15, 0.2) is 16.6 Å². The van der Waals surface area contributed by atoms with Gasteiger partial charge < -0.3 is 10.0 Å². The molecule has 1 heterocycles. The maximum atomic E-state index is 12.5. The SMILES string of the molecule is CCCN(CC(F)(F)F)c1nc(C(=O)O)c(C(C)=O)s1. The highest BCUT2D eigenvalue weighted by Gasteiger charge is 2.33. The summed E-state index contributed by atoms with van der Waals surface area (Å²) in [6.07, 6.45) is -3.99. The summed E-state index contributed by atoms with van der Waals surface area (Å²) in [6.45, 7) is 1.69. The highest BCUT2D eigenvalue weighted by molar-refractivity contribution is 7.17. The van der Waals surface area contributed by atoms with Gasteiger partial charge in [0.05, 0.1) is 0 Å². The molecule has 1 aromatic rings. The molecule has 112 valence electrons. The van der Waals surface area contributed by atoms with Crippen molar-refractivity contribution in [2.45, 2.75) is 26.4 Å². The fraction of sp³-hybridized carbons (Fsp3) is 0.545. The van der Waals surface area contributed by atoms with Crippen molar-refractivity contribution in [3.8, 4) is 0 Å². The van der Waals surface area contributed by atoms with E-state index in [0.29, 0.717) is 17.8 Å². The zero-order chi connectivity index (χ0) is 15.5. The number of hydrogen-bond donors (Lipinski definition) is 1. The van der Waals surface area contributed by atoms with Crippen LogP contribution in [0.2, 0.25) is 0 Å². The number of carboxylic acids is 1. The molecule has 1 aromatic heterocycles. The number of thiazole rings is 1. The van der Waals surface area contributed by atoms with Gasteiger partial charge in [-0.1, -0.05) is 18.3 Å². The van der Waals surface area contributed by atoms with Crippen molar-refractivity contribution in [2.75, 3.05) is 18.0 Å². The van der Waals surface area contributed by atoms with Crippen LogP contribution in [-0.4, -0.2) is 41.1 Å². The number of rotatable bonds is 6. The molecule has 0 saturated carbocycles. The molecular weight excluding hydrogens is 297 g/mol. The monoisotopic (exact) mass is 310 g/mol. The Bertz CT molecular complexity index is 482. The molecule has 9 heteroatoms. The third-order valence-corrected chi connectivity index (χ3v) is 3.49. The number of carbonyl (C=O) groups is 2. The van der Waals surface area contributed by atoms with E-state index >= 15 is 0 Å². The maximum Gasteiger partial charge on any atom is 0.406 e. The Morgan fingerprint density at radius 1 is 1.40 bits per heavy atom. The second kappa shape index (κ2) is 6.21. The molecule has 0 aliphatic heterocycles. The van der Waals surface area contributed by atoms with Crippen molar-refractivity contribution in [3.05, 3.63) is 10.6 Å². The Kier molecular flexibility index (Phi) is 5.09. The van der Waals surface area contributed by atoms with Gasteiger partial charge >= 0.3 is 12.1 Å². The summed E-state index contributed by atoms with van der Waals surface area (Å²) in [6, 6.07) is 0. The number of aromatic carboxylic acids is 1. The summed E-state index contributed by atoms with van der Waals surface area (Å²) in [5, 5.41) is 8.82. The summed E-state index contributed by atoms with van der Waals surface area (Å²) in [5.41, 5.74) is -0.499. The second-order valence-electron chi connectivity index (χ2n) is 4.07. The zero-order valence-corrected chi connectivity index (χ0v) is 11.6. The highest BCUT2D eigenvalue weighted by atomic mass is 32.1. The lowest BCUT2D eigenvalue weighted by molar-refractivity contribution is -0.119. The first-order valence-corrected chi connectivity index (χ1v) is 6.54. The summed E-state index contributed by atoms with van der Waals surface area (Å²) >= 11 is 0.669. The lowest BCUT2D eigenvalue weighted by Crippen LogP contribution is -2.34. The van der Waals surface area contributed by atoms with Crippen LogP contribution in [0.15, 0.2) is 0 Å². The van der Waals surface area contributed by atoms with Crippen molar-refractivity contribution >= 4 is 28.2 Å². The van der Waals surface area contributed by atoms with Crippen LogP contribution in [0.25, 0.3) is 0 Å². The van der Waals surface area contributed by atoms with Crippen molar-refractivity contribution in [1.82, 2.24) is 4.98 Å². The Morgan fingerprint density at radius 2 is 2.00 bits per heavy atom. The topological polar surface area (TPSA) is 70.5 Å². The van der Waals surface area contributed by atoms with Crippen LogP contribution in [0, 0.1) is 0 Å². The van der Waals surface area contributed by atoms with Gasteiger partial charge in [-0.15, -0.1) is 0 Å². The van der Waals surface area contributed by atoms with Gasteiger partial charge in [0.1, 0.15) is 11.4 Å². The molecule has 5 nitrogen and oxygen atoms in total. The van der Waals surface area contributed by atoms with E-state index < -0.39 is 30.2 Å². The Balaban J connectivity index is 3.17. The number of carbonyl (C=O) groups excluding carboxylic acids is 1. The minimum Gasteiger partial charge on any atom is -0.476 e. The van der Waals surface area contributed by atoms with Crippen LogP contribution in [0.4, 0.5) is 18.3 Å². The van der Waals surface area contributed by atoms with Crippen molar-refractivity contribution in [1.29, 1.82) is 0 Å². The van der Waals surface area contributed by atoms with E-state index in [1.165, 1.54) is 0 Å². The lowest BCUT2D eigenvalue weighted by Gasteiger charge is -2.22. The van der Waals surface area contributed by atoms with Crippen molar-refractivity contribution in [3.63, 3.8) is 0 Å². The van der Waals surface area contributed by atoms with Crippen LogP contribution < -0.4 is 4.90 Å². The van der Waals surface area contributed by atoms with Gasteiger partial charge in [-0.25, -0.2) is 9.78 Å². The summed E-state index contributed by atoms with van der Waals surface area (Å²) in [5.74, 6) is -1.96. The smallest absolute Gasteiger partial charge is 0.406 e. The largest absolute Gasteiger partial charge is 0.476 e. The normalized spacial score (nSPS) is 11.4. The predicted molar refractivity (Wildman–Crippen MR) is 67.6 cm³/mol. The fourth-order valence-corrected chi connectivity index (χ4v) is 2.53. The molecule has 0 spiro atoms. The molecular formula is C11H13F3N2O3S. The maximum absolute atomic E-state index is 12.5.